The first-order chi connectivity index (χ1) is 18.4. The zero-order valence-corrected chi connectivity index (χ0v) is 23.0. The van der Waals surface area contributed by atoms with E-state index in [4.69, 9.17) is 21.7 Å². The van der Waals surface area contributed by atoms with Gasteiger partial charge >= 0.3 is 5.97 Å². The number of halogens is 1. The van der Waals surface area contributed by atoms with Gasteiger partial charge in [-0.05, 0) is 118 Å². The Morgan fingerprint density at radius 2 is 1.71 bits per heavy atom. The van der Waals surface area contributed by atoms with E-state index in [1.165, 1.54) is 57.8 Å². The molecule has 0 atom stereocenters. The number of carbonyl (C=O) groups is 2. The summed E-state index contributed by atoms with van der Waals surface area (Å²) in [6.07, 6.45) is 16.8. The van der Waals surface area contributed by atoms with Gasteiger partial charge in [0.2, 0.25) is 0 Å². The highest BCUT2D eigenvalue weighted by molar-refractivity contribution is 6.31. The van der Waals surface area contributed by atoms with E-state index < -0.39 is 5.97 Å². The fourth-order valence-corrected chi connectivity index (χ4v) is 8.84. The molecule has 1 aromatic carbocycles. The number of hydrogen-bond acceptors (Lipinski definition) is 3. The van der Waals surface area contributed by atoms with E-state index in [1.807, 2.05) is 0 Å². The summed E-state index contributed by atoms with van der Waals surface area (Å²) in [5, 5.41) is 12.6. The van der Waals surface area contributed by atoms with Gasteiger partial charge in [-0.15, -0.1) is 0 Å². The quantitative estimate of drug-likeness (QED) is 0.308. The molecule has 2 aromatic rings. The van der Waals surface area contributed by atoms with Crippen molar-refractivity contribution in [1.29, 1.82) is 0 Å². The molecule has 0 saturated heterocycles. The number of anilines is 1. The molecule has 3 N–H and O–H groups in total. The van der Waals surface area contributed by atoms with Gasteiger partial charge in [-0.1, -0.05) is 30.9 Å². The number of rotatable bonds is 9. The maximum absolute atomic E-state index is 13.6. The topological polar surface area (TPSA) is 95.1 Å². The number of amides is 1. The molecule has 1 heterocycles. The van der Waals surface area contributed by atoms with Gasteiger partial charge in [0.25, 0.3) is 5.91 Å². The number of imidazole rings is 1. The molecule has 204 valence electrons. The number of H-pyrrole nitrogens is 1. The van der Waals surface area contributed by atoms with Crippen molar-refractivity contribution in [1.82, 2.24) is 9.97 Å². The van der Waals surface area contributed by atoms with Gasteiger partial charge in [0, 0.05) is 28.7 Å². The Hall–Kier alpha value is -2.34. The monoisotopic (exact) mass is 537 g/mol. The van der Waals surface area contributed by atoms with Crippen LogP contribution < -0.4 is 5.32 Å². The minimum absolute atomic E-state index is 0.00426. The number of nitrogens with zero attached hydrogens (tertiary/aromatic N) is 1. The van der Waals surface area contributed by atoms with Gasteiger partial charge in [0.1, 0.15) is 11.5 Å². The standard InChI is InChI=1S/C31H40ClN3O3/c32-25-8-7-24(15-23(25)6-9-27(36)37)33-30(38)28-26(34-29(35-28)22-4-2-1-3-5-22)10-11-31-16-19-12-20(17-31)14-21(13-19)18-31/h7-8,15,19-22H,1-6,9-14,16-18H2,(H,33,38)(H,34,35)(H,36,37). The lowest BCUT2D eigenvalue weighted by Crippen LogP contribution is -2.46. The predicted molar refractivity (Wildman–Crippen MR) is 149 cm³/mol. The van der Waals surface area contributed by atoms with Crippen molar-refractivity contribution < 1.29 is 14.7 Å². The van der Waals surface area contributed by atoms with Gasteiger partial charge in [-0.3, -0.25) is 9.59 Å². The smallest absolute Gasteiger partial charge is 0.303 e. The van der Waals surface area contributed by atoms with E-state index in [2.05, 4.69) is 10.3 Å². The molecular formula is C31H40ClN3O3. The summed E-state index contributed by atoms with van der Waals surface area (Å²) >= 11 is 6.29. The Bertz CT molecular complexity index is 1160. The number of aryl methyl sites for hydroxylation is 2. The molecule has 5 fully saturated rings. The second-order valence-corrected chi connectivity index (χ2v) is 13.3. The van der Waals surface area contributed by atoms with E-state index >= 15 is 0 Å². The predicted octanol–water partition coefficient (Wildman–Crippen LogP) is 7.53. The second-order valence-electron chi connectivity index (χ2n) is 12.9. The first-order valence-electron chi connectivity index (χ1n) is 14.8. The molecular weight excluding hydrogens is 498 g/mol. The van der Waals surface area contributed by atoms with Crippen LogP contribution in [0.15, 0.2) is 18.2 Å². The number of carbonyl (C=O) groups excluding carboxylic acids is 1. The molecule has 5 aliphatic carbocycles. The van der Waals surface area contributed by atoms with Crippen molar-refractivity contribution in [3.05, 3.63) is 46.0 Å². The number of aromatic nitrogens is 2. The molecule has 0 aliphatic heterocycles. The second kappa shape index (κ2) is 10.7. The summed E-state index contributed by atoms with van der Waals surface area (Å²) in [7, 11) is 0. The average molecular weight is 538 g/mol. The zero-order chi connectivity index (χ0) is 26.3. The van der Waals surface area contributed by atoms with Crippen molar-refractivity contribution >= 4 is 29.2 Å². The summed E-state index contributed by atoms with van der Waals surface area (Å²) in [6, 6.07) is 5.28. The third-order valence-electron chi connectivity index (χ3n) is 9.99. The van der Waals surface area contributed by atoms with Crippen LogP contribution in [-0.4, -0.2) is 27.0 Å². The highest BCUT2D eigenvalue weighted by Gasteiger charge is 2.50. The maximum atomic E-state index is 13.6. The molecule has 1 aromatic heterocycles. The molecule has 7 heteroatoms. The molecule has 38 heavy (non-hydrogen) atoms. The van der Waals surface area contributed by atoms with Crippen LogP contribution in [0.5, 0.6) is 0 Å². The van der Waals surface area contributed by atoms with Crippen molar-refractivity contribution in [2.24, 2.45) is 23.2 Å². The van der Waals surface area contributed by atoms with Crippen molar-refractivity contribution in [2.45, 2.75) is 102 Å². The van der Waals surface area contributed by atoms with Crippen LogP contribution in [0.25, 0.3) is 0 Å². The lowest BCUT2D eigenvalue weighted by Gasteiger charge is -2.57. The zero-order valence-electron chi connectivity index (χ0n) is 22.2. The van der Waals surface area contributed by atoms with Gasteiger partial charge in [-0.2, -0.15) is 0 Å². The Labute approximate surface area is 230 Å². The van der Waals surface area contributed by atoms with Crippen LogP contribution in [0.2, 0.25) is 5.02 Å². The van der Waals surface area contributed by atoms with Crippen LogP contribution >= 0.6 is 11.6 Å². The first-order valence-corrected chi connectivity index (χ1v) is 15.1. The molecule has 7 rings (SSSR count). The lowest BCUT2D eigenvalue weighted by molar-refractivity contribution is -0.136. The van der Waals surface area contributed by atoms with Crippen LogP contribution in [0.3, 0.4) is 0 Å². The van der Waals surface area contributed by atoms with Gasteiger partial charge in [0.05, 0.1) is 0 Å². The normalized spacial score (nSPS) is 28.5. The van der Waals surface area contributed by atoms with Crippen molar-refractivity contribution in [2.75, 3.05) is 5.32 Å². The molecule has 6 nitrogen and oxygen atoms in total. The van der Waals surface area contributed by atoms with E-state index in [1.54, 1.807) is 18.2 Å². The highest BCUT2D eigenvalue weighted by atomic mass is 35.5. The molecule has 5 saturated carbocycles. The summed E-state index contributed by atoms with van der Waals surface area (Å²) in [6.45, 7) is 0. The molecule has 5 aliphatic rings. The summed E-state index contributed by atoms with van der Waals surface area (Å²) in [5.41, 5.74) is 3.30. The van der Waals surface area contributed by atoms with Crippen LogP contribution in [0.4, 0.5) is 5.69 Å². The molecule has 0 radical (unpaired) electrons. The number of carboxylic acid groups (broad SMARTS) is 1. The Kier molecular flexibility index (Phi) is 7.28. The number of nitrogens with one attached hydrogen (secondary N) is 2. The molecule has 4 bridgehead atoms. The minimum Gasteiger partial charge on any atom is -0.481 e. The largest absolute Gasteiger partial charge is 0.481 e. The van der Waals surface area contributed by atoms with Crippen LogP contribution in [0.1, 0.15) is 117 Å². The summed E-state index contributed by atoms with van der Waals surface area (Å²) in [4.78, 5) is 33.2. The number of carboxylic acids is 1. The van der Waals surface area contributed by atoms with Gasteiger partial charge in [-0.25, -0.2) is 4.98 Å². The molecule has 0 unspecified atom stereocenters. The number of aliphatic carboxylic acids is 1. The fourth-order valence-electron chi connectivity index (χ4n) is 8.63. The number of benzene rings is 1. The number of hydrogen-bond donors (Lipinski definition) is 3. The molecule has 1 amide bonds. The third kappa shape index (κ3) is 5.52. The van der Waals surface area contributed by atoms with E-state index in [0.717, 1.165) is 60.5 Å². The van der Waals surface area contributed by atoms with E-state index in [9.17, 15) is 9.59 Å². The fraction of sp³-hybridized carbons (Fsp3) is 0.645. The Balaban J connectivity index is 1.21. The number of aromatic amines is 1. The third-order valence-corrected chi connectivity index (χ3v) is 10.4. The minimum atomic E-state index is -0.870. The van der Waals surface area contributed by atoms with Gasteiger partial charge in [0.15, 0.2) is 0 Å². The van der Waals surface area contributed by atoms with Crippen molar-refractivity contribution in [3.63, 3.8) is 0 Å². The Morgan fingerprint density at radius 3 is 2.37 bits per heavy atom. The first kappa shape index (κ1) is 25.9. The van der Waals surface area contributed by atoms with Crippen LogP contribution in [0, 0.1) is 23.2 Å². The van der Waals surface area contributed by atoms with Crippen LogP contribution in [-0.2, 0) is 17.6 Å². The Morgan fingerprint density at radius 1 is 1.03 bits per heavy atom. The maximum Gasteiger partial charge on any atom is 0.303 e. The highest BCUT2D eigenvalue weighted by Crippen LogP contribution is 2.61. The summed E-state index contributed by atoms with van der Waals surface area (Å²) < 4.78 is 0. The lowest BCUT2D eigenvalue weighted by atomic mass is 9.48. The average Bonchev–Trinajstić information content (AvgIpc) is 3.32. The van der Waals surface area contributed by atoms with E-state index in [-0.39, 0.29) is 12.3 Å². The summed E-state index contributed by atoms with van der Waals surface area (Å²) in [5.74, 6) is 3.08. The van der Waals surface area contributed by atoms with Gasteiger partial charge < -0.3 is 15.4 Å². The molecule has 0 spiro atoms. The SMILES string of the molecule is O=C(O)CCc1cc(NC(=O)c2nc(C3CCCCC3)[nH]c2CCC23CC4CC(CC(C4)C2)C3)ccc1Cl. The van der Waals surface area contributed by atoms with Crippen molar-refractivity contribution in [3.8, 4) is 0 Å². The van der Waals surface area contributed by atoms with E-state index in [0.29, 0.717) is 34.2 Å².